The average molecular weight is 394 g/mol. The summed E-state index contributed by atoms with van der Waals surface area (Å²) in [6.45, 7) is 2.71. The molecule has 3 aromatic carbocycles. The van der Waals surface area contributed by atoms with Crippen molar-refractivity contribution in [3.63, 3.8) is 0 Å². The lowest BCUT2D eigenvalue weighted by atomic mass is 9.97. The fourth-order valence-corrected chi connectivity index (χ4v) is 4.30. The summed E-state index contributed by atoms with van der Waals surface area (Å²) in [6.07, 6.45) is 2.25. The largest absolute Gasteiger partial charge is 0.343 e. The van der Waals surface area contributed by atoms with E-state index in [2.05, 4.69) is 22.8 Å². The van der Waals surface area contributed by atoms with Gasteiger partial charge in [-0.2, -0.15) is 0 Å². The molecule has 0 bridgehead atoms. The Labute approximate surface area is 175 Å². The lowest BCUT2D eigenvalue weighted by molar-refractivity contribution is -0.121. The van der Waals surface area contributed by atoms with Crippen molar-refractivity contribution in [3.8, 4) is 0 Å². The van der Waals surface area contributed by atoms with Crippen LogP contribution in [0, 0.1) is 6.92 Å². The van der Waals surface area contributed by atoms with Gasteiger partial charge >= 0.3 is 0 Å². The van der Waals surface area contributed by atoms with Crippen LogP contribution in [0.3, 0.4) is 0 Å². The molecule has 0 spiro atoms. The number of carbonyl (C=O) groups excluding carboxylic acids is 2. The van der Waals surface area contributed by atoms with E-state index in [1.54, 1.807) is 0 Å². The average Bonchev–Trinajstić information content (AvgIpc) is 3.26. The first kappa shape index (κ1) is 18.4. The molecule has 1 fully saturated rings. The van der Waals surface area contributed by atoms with Crippen molar-refractivity contribution in [2.75, 3.05) is 4.90 Å². The molecule has 0 aliphatic carbocycles. The molecule has 1 aromatic heterocycles. The van der Waals surface area contributed by atoms with Gasteiger partial charge in [0.2, 0.25) is 11.8 Å². The van der Waals surface area contributed by atoms with Crippen LogP contribution in [-0.4, -0.2) is 16.4 Å². The number of amides is 2. The fourth-order valence-electron chi connectivity index (χ4n) is 4.30. The highest BCUT2D eigenvalue weighted by molar-refractivity contribution is 6.23. The number of aryl methyl sites for hydroxylation is 1. The number of para-hydroxylation sites is 1. The summed E-state index contributed by atoms with van der Waals surface area (Å²) in [6, 6.07) is 25.9. The number of hydrogen-bond donors (Lipinski definition) is 0. The molecule has 4 aromatic rings. The predicted molar refractivity (Wildman–Crippen MR) is 119 cm³/mol. The summed E-state index contributed by atoms with van der Waals surface area (Å²) in [5.41, 5.74) is 4.93. The van der Waals surface area contributed by atoms with E-state index in [0.717, 1.165) is 28.6 Å². The van der Waals surface area contributed by atoms with E-state index in [-0.39, 0.29) is 18.2 Å². The topological polar surface area (TPSA) is 42.3 Å². The second kappa shape index (κ2) is 7.30. The fraction of sp³-hybridized carbons (Fsp3) is 0.154. The SMILES string of the molecule is Cc1ccc(N2C(=O)CC(c3cn(Cc4ccccc4)c4ccccc34)C2=O)cc1. The molecule has 1 unspecified atom stereocenters. The molecule has 30 heavy (non-hydrogen) atoms. The highest BCUT2D eigenvalue weighted by atomic mass is 16.2. The van der Waals surface area contributed by atoms with Crippen molar-refractivity contribution >= 4 is 28.4 Å². The lowest BCUT2D eigenvalue weighted by Crippen LogP contribution is -2.29. The van der Waals surface area contributed by atoms with Gasteiger partial charge in [-0.3, -0.25) is 14.5 Å². The summed E-state index contributed by atoms with van der Waals surface area (Å²) in [7, 11) is 0. The molecular formula is C26H22N2O2. The highest BCUT2D eigenvalue weighted by Crippen LogP contribution is 2.37. The zero-order chi connectivity index (χ0) is 20.7. The molecule has 2 heterocycles. The van der Waals surface area contributed by atoms with E-state index in [1.807, 2.05) is 73.8 Å². The Morgan fingerprint density at radius 2 is 1.57 bits per heavy atom. The predicted octanol–water partition coefficient (Wildman–Crippen LogP) is 5.05. The first-order valence-corrected chi connectivity index (χ1v) is 10.2. The monoisotopic (exact) mass is 394 g/mol. The molecule has 2 amide bonds. The summed E-state index contributed by atoms with van der Waals surface area (Å²) in [5, 5.41) is 1.03. The molecule has 4 heteroatoms. The first-order chi connectivity index (χ1) is 14.6. The minimum atomic E-state index is -0.458. The van der Waals surface area contributed by atoms with Crippen LogP contribution in [-0.2, 0) is 16.1 Å². The Hall–Kier alpha value is -3.66. The van der Waals surface area contributed by atoms with Crippen molar-refractivity contribution in [1.29, 1.82) is 0 Å². The maximum absolute atomic E-state index is 13.3. The van der Waals surface area contributed by atoms with E-state index < -0.39 is 5.92 Å². The van der Waals surface area contributed by atoms with Crippen LogP contribution in [0.2, 0.25) is 0 Å². The molecule has 1 atom stereocenters. The highest BCUT2D eigenvalue weighted by Gasteiger charge is 2.41. The van der Waals surface area contributed by atoms with Crippen LogP contribution in [0.5, 0.6) is 0 Å². The molecule has 4 nitrogen and oxygen atoms in total. The third-order valence-corrected chi connectivity index (χ3v) is 5.83. The van der Waals surface area contributed by atoms with Crippen LogP contribution in [0.25, 0.3) is 10.9 Å². The quantitative estimate of drug-likeness (QED) is 0.455. The zero-order valence-corrected chi connectivity index (χ0v) is 16.8. The molecule has 0 saturated carbocycles. The molecule has 5 rings (SSSR count). The van der Waals surface area contributed by atoms with Gasteiger partial charge in [0.1, 0.15) is 0 Å². The second-order valence-corrected chi connectivity index (χ2v) is 7.87. The van der Waals surface area contributed by atoms with Gasteiger partial charge in [0.25, 0.3) is 0 Å². The summed E-state index contributed by atoms with van der Waals surface area (Å²) in [4.78, 5) is 27.4. The number of benzene rings is 3. The summed E-state index contributed by atoms with van der Waals surface area (Å²) in [5.74, 6) is -0.749. The summed E-state index contributed by atoms with van der Waals surface area (Å²) >= 11 is 0. The minimum Gasteiger partial charge on any atom is -0.343 e. The number of nitrogens with zero attached hydrogens (tertiary/aromatic N) is 2. The van der Waals surface area contributed by atoms with Gasteiger partial charge in [-0.1, -0.05) is 66.2 Å². The van der Waals surface area contributed by atoms with Crippen LogP contribution in [0.4, 0.5) is 5.69 Å². The first-order valence-electron chi connectivity index (χ1n) is 10.2. The maximum Gasteiger partial charge on any atom is 0.241 e. The third-order valence-electron chi connectivity index (χ3n) is 5.83. The van der Waals surface area contributed by atoms with E-state index in [0.29, 0.717) is 5.69 Å². The van der Waals surface area contributed by atoms with Crippen LogP contribution in [0.15, 0.2) is 85.1 Å². The van der Waals surface area contributed by atoms with Gasteiger partial charge < -0.3 is 4.57 Å². The smallest absolute Gasteiger partial charge is 0.241 e. The van der Waals surface area contributed by atoms with Gasteiger partial charge in [-0.25, -0.2) is 0 Å². The number of rotatable bonds is 4. The van der Waals surface area contributed by atoms with E-state index in [9.17, 15) is 9.59 Å². The Balaban J connectivity index is 1.54. The molecule has 1 aliphatic rings. The number of fused-ring (bicyclic) bond motifs is 1. The number of carbonyl (C=O) groups is 2. The molecule has 148 valence electrons. The van der Waals surface area contributed by atoms with Crippen LogP contribution >= 0.6 is 0 Å². The number of imide groups is 1. The van der Waals surface area contributed by atoms with Crippen molar-refractivity contribution in [2.24, 2.45) is 0 Å². The van der Waals surface area contributed by atoms with E-state index in [1.165, 1.54) is 10.5 Å². The maximum atomic E-state index is 13.3. The normalized spacial score (nSPS) is 16.6. The van der Waals surface area contributed by atoms with Crippen molar-refractivity contribution in [3.05, 3.63) is 102 Å². The standard InChI is InChI=1S/C26H22N2O2/c1-18-11-13-20(14-12-18)28-25(29)15-22(26(28)30)23-17-27(16-19-7-3-2-4-8-19)24-10-6-5-9-21(23)24/h2-14,17,22H,15-16H2,1H3. The minimum absolute atomic E-state index is 0.145. The van der Waals surface area contributed by atoms with Crippen molar-refractivity contribution in [2.45, 2.75) is 25.8 Å². The zero-order valence-electron chi connectivity index (χ0n) is 16.8. The Bertz CT molecular complexity index is 1240. The number of anilines is 1. The van der Waals surface area contributed by atoms with Crippen LogP contribution in [0.1, 0.15) is 29.0 Å². The summed E-state index contributed by atoms with van der Waals surface area (Å²) < 4.78 is 2.17. The van der Waals surface area contributed by atoms with Gasteiger partial charge in [0.05, 0.1) is 11.6 Å². The molecule has 1 aliphatic heterocycles. The van der Waals surface area contributed by atoms with Gasteiger partial charge in [0, 0.05) is 30.1 Å². The van der Waals surface area contributed by atoms with Gasteiger partial charge in [-0.15, -0.1) is 0 Å². The van der Waals surface area contributed by atoms with Crippen molar-refractivity contribution in [1.82, 2.24) is 4.57 Å². The lowest BCUT2D eigenvalue weighted by Gasteiger charge is -2.15. The molecular weight excluding hydrogens is 372 g/mol. The van der Waals surface area contributed by atoms with Crippen molar-refractivity contribution < 1.29 is 9.59 Å². The number of aromatic nitrogens is 1. The van der Waals surface area contributed by atoms with Crippen LogP contribution < -0.4 is 4.90 Å². The molecule has 0 radical (unpaired) electrons. The van der Waals surface area contributed by atoms with Gasteiger partial charge in [0.15, 0.2) is 0 Å². The Morgan fingerprint density at radius 3 is 2.33 bits per heavy atom. The Kier molecular flexibility index (Phi) is 4.47. The second-order valence-electron chi connectivity index (χ2n) is 7.87. The van der Waals surface area contributed by atoms with E-state index >= 15 is 0 Å². The Morgan fingerprint density at radius 1 is 0.867 bits per heavy atom. The molecule has 1 saturated heterocycles. The van der Waals surface area contributed by atoms with E-state index in [4.69, 9.17) is 0 Å². The number of hydrogen-bond acceptors (Lipinski definition) is 2. The third kappa shape index (κ3) is 3.11. The molecule has 0 N–H and O–H groups in total. The van der Waals surface area contributed by atoms with Gasteiger partial charge in [-0.05, 0) is 36.2 Å².